The van der Waals surface area contributed by atoms with Crippen molar-refractivity contribution in [2.75, 3.05) is 23.7 Å². The van der Waals surface area contributed by atoms with Crippen molar-refractivity contribution in [2.45, 2.75) is 25.9 Å². The molecule has 1 aromatic rings. The number of rotatable bonds is 1. The van der Waals surface area contributed by atoms with Crippen molar-refractivity contribution in [2.24, 2.45) is 5.92 Å². The van der Waals surface area contributed by atoms with Gasteiger partial charge in [0.2, 0.25) is 0 Å². The summed E-state index contributed by atoms with van der Waals surface area (Å²) in [6.07, 6.45) is -4.14. The molecule has 19 heavy (non-hydrogen) atoms. The minimum atomic E-state index is -4.15. The highest BCUT2D eigenvalue weighted by Gasteiger charge is 2.41. The largest absolute Gasteiger partial charge is 0.398 e. The van der Waals surface area contributed by atoms with E-state index >= 15 is 0 Å². The maximum Gasteiger partial charge on any atom is 0.391 e. The van der Waals surface area contributed by atoms with Gasteiger partial charge in [0.15, 0.2) is 5.82 Å². The van der Waals surface area contributed by atoms with Gasteiger partial charge in [0.25, 0.3) is 0 Å². The number of benzene rings is 1. The average molecular weight is 276 g/mol. The fraction of sp³-hybridized carbons (Fsp3) is 0.538. The summed E-state index contributed by atoms with van der Waals surface area (Å²) < 4.78 is 51.7. The van der Waals surface area contributed by atoms with E-state index in [0.29, 0.717) is 16.9 Å². The molecule has 0 unspecified atom stereocenters. The molecule has 0 bridgehead atoms. The van der Waals surface area contributed by atoms with Crippen LogP contribution in [0.2, 0.25) is 0 Å². The Morgan fingerprint density at radius 3 is 2.32 bits per heavy atom. The van der Waals surface area contributed by atoms with Crippen LogP contribution in [0.3, 0.4) is 0 Å². The van der Waals surface area contributed by atoms with Crippen LogP contribution in [0.4, 0.5) is 28.9 Å². The van der Waals surface area contributed by atoms with Gasteiger partial charge in [-0.15, -0.1) is 0 Å². The Bertz CT molecular complexity index is 462. The molecule has 2 rings (SSSR count). The van der Waals surface area contributed by atoms with Gasteiger partial charge in [-0.1, -0.05) is 0 Å². The Kier molecular flexibility index (Phi) is 3.60. The quantitative estimate of drug-likeness (QED) is 0.628. The highest BCUT2D eigenvalue weighted by Crippen LogP contribution is 2.36. The van der Waals surface area contributed by atoms with E-state index in [9.17, 15) is 17.6 Å². The molecule has 1 heterocycles. The van der Waals surface area contributed by atoms with Crippen molar-refractivity contribution >= 4 is 11.4 Å². The van der Waals surface area contributed by atoms with E-state index in [0.717, 1.165) is 0 Å². The van der Waals surface area contributed by atoms with Crippen molar-refractivity contribution in [3.8, 4) is 0 Å². The van der Waals surface area contributed by atoms with Crippen LogP contribution < -0.4 is 10.6 Å². The van der Waals surface area contributed by atoms with E-state index in [1.165, 1.54) is 6.07 Å². The minimum absolute atomic E-state index is 0.00631. The third-order valence-corrected chi connectivity index (χ3v) is 3.71. The summed E-state index contributed by atoms with van der Waals surface area (Å²) in [4.78, 5) is 1.66. The molecule has 2 N–H and O–H groups in total. The third-order valence-electron chi connectivity index (χ3n) is 3.71. The first kappa shape index (κ1) is 14.0. The van der Waals surface area contributed by atoms with Crippen LogP contribution in [0, 0.1) is 18.7 Å². The van der Waals surface area contributed by atoms with Crippen LogP contribution in [-0.4, -0.2) is 19.3 Å². The first-order valence-corrected chi connectivity index (χ1v) is 6.17. The molecule has 0 saturated carbocycles. The van der Waals surface area contributed by atoms with Crippen LogP contribution >= 0.6 is 0 Å². The van der Waals surface area contributed by atoms with E-state index in [-0.39, 0.29) is 25.9 Å². The lowest BCUT2D eigenvalue weighted by Crippen LogP contribution is -2.39. The SMILES string of the molecule is Cc1c(N)ccc(N2CCC(C(F)(F)F)CC2)c1F. The summed E-state index contributed by atoms with van der Waals surface area (Å²) in [6, 6.07) is 3.12. The smallest absolute Gasteiger partial charge is 0.391 e. The van der Waals surface area contributed by atoms with Gasteiger partial charge in [-0.05, 0) is 31.9 Å². The molecular weight excluding hydrogens is 260 g/mol. The predicted octanol–water partition coefficient (Wildman–Crippen LogP) is 3.50. The summed E-state index contributed by atoms with van der Waals surface area (Å²) in [5, 5.41) is 0. The van der Waals surface area contributed by atoms with Crippen LogP contribution in [0.5, 0.6) is 0 Å². The number of nitrogens with zero attached hydrogens (tertiary/aromatic N) is 1. The average Bonchev–Trinajstić information content (AvgIpc) is 2.35. The predicted molar refractivity (Wildman–Crippen MR) is 66.5 cm³/mol. The molecule has 0 aromatic heterocycles. The number of anilines is 2. The Morgan fingerprint density at radius 2 is 1.79 bits per heavy atom. The molecule has 0 amide bonds. The van der Waals surface area contributed by atoms with Gasteiger partial charge >= 0.3 is 6.18 Å². The topological polar surface area (TPSA) is 29.3 Å². The molecule has 0 spiro atoms. The molecule has 0 radical (unpaired) electrons. The Labute approximate surface area is 109 Å². The zero-order chi connectivity index (χ0) is 14.2. The van der Waals surface area contributed by atoms with Gasteiger partial charge in [0, 0.05) is 24.3 Å². The number of nitrogen functional groups attached to an aromatic ring is 1. The molecule has 0 aliphatic carbocycles. The van der Waals surface area contributed by atoms with Crippen LogP contribution in [0.15, 0.2) is 12.1 Å². The monoisotopic (exact) mass is 276 g/mol. The molecule has 1 fully saturated rings. The highest BCUT2D eigenvalue weighted by atomic mass is 19.4. The van der Waals surface area contributed by atoms with Crippen molar-refractivity contribution in [1.82, 2.24) is 0 Å². The highest BCUT2D eigenvalue weighted by molar-refractivity contribution is 5.59. The second kappa shape index (κ2) is 4.90. The van der Waals surface area contributed by atoms with Crippen molar-refractivity contribution in [1.29, 1.82) is 0 Å². The standard InChI is InChI=1S/C13H16F4N2/c1-8-10(18)2-3-11(12(8)14)19-6-4-9(5-7-19)13(15,16)17/h2-3,9H,4-7,18H2,1H3. The fourth-order valence-electron chi connectivity index (χ4n) is 2.38. The maximum absolute atomic E-state index is 14.0. The summed E-state index contributed by atoms with van der Waals surface area (Å²) >= 11 is 0. The first-order valence-electron chi connectivity index (χ1n) is 6.17. The molecule has 1 aliphatic heterocycles. The Morgan fingerprint density at radius 1 is 1.21 bits per heavy atom. The minimum Gasteiger partial charge on any atom is -0.398 e. The number of halogens is 4. The van der Waals surface area contributed by atoms with Gasteiger partial charge in [0.05, 0.1) is 11.6 Å². The van der Waals surface area contributed by atoms with Crippen LogP contribution in [0.1, 0.15) is 18.4 Å². The van der Waals surface area contributed by atoms with Crippen LogP contribution in [-0.2, 0) is 0 Å². The van der Waals surface area contributed by atoms with Crippen molar-refractivity contribution in [3.05, 3.63) is 23.5 Å². The molecule has 0 atom stereocenters. The van der Waals surface area contributed by atoms with E-state index in [2.05, 4.69) is 0 Å². The van der Waals surface area contributed by atoms with Crippen LogP contribution in [0.25, 0.3) is 0 Å². The molecule has 1 saturated heterocycles. The lowest BCUT2D eigenvalue weighted by Gasteiger charge is -2.34. The summed E-state index contributed by atoms with van der Waals surface area (Å²) in [5.74, 6) is -1.72. The lowest BCUT2D eigenvalue weighted by molar-refractivity contribution is -0.179. The molecule has 1 aromatic carbocycles. The normalized spacial score (nSPS) is 17.8. The van der Waals surface area contributed by atoms with E-state index < -0.39 is 17.9 Å². The fourth-order valence-corrected chi connectivity index (χ4v) is 2.38. The summed E-state index contributed by atoms with van der Waals surface area (Å²) in [5.41, 5.74) is 6.63. The van der Waals surface area contributed by atoms with Crippen molar-refractivity contribution < 1.29 is 17.6 Å². The number of piperidine rings is 1. The summed E-state index contributed by atoms with van der Waals surface area (Å²) in [7, 11) is 0. The second-order valence-corrected chi connectivity index (χ2v) is 4.92. The molecule has 1 aliphatic rings. The Balaban J connectivity index is 2.12. The van der Waals surface area contributed by atoms with E-state index in [1.807, 2.05) is 0 Å². The maximum atomic E-state index is 14.0. The molecule has 2 nitrogen and oxygen atoms in total. The molecule has 106 valence electrons. The third kappa shape index (κ3) is 2.77. The van der Waals surface area contributed by atoms with Gasteiger partial charge in [-0.25, -0.2) is 4.39 Å². The second-order valence-electron chi connectivity index (χ2n) is 4.92. The zero-order valence-corrected chi connectivity index (χ0v) is 10.6. The number of nitrogens with two attached hydrogens (primary N) is 1. The molecular formula is C13H16F4N2. The van der Waals surface area contributed by atoms with E-state index in [1.54, 1.807) is 17.9 Å². The first-order chi connectivity index (χ1) is 8.80. The Hall–Kier alpha value is -1.46. The number of alkyl halides is 3. The van der Waals surface area contributed by atoms with Gasteiger partial charge in [0.1, 0.15) is 0 Å². The van der Waals surface area contributed by atoms with Gasteiger partial charge in [-0.2, -0.15) is 13.2 Å². The van der Waals surface area contributed by atoms with Gasteiger partial charge < -0.3 is 10.6 Å². The number of hydrogen-bond donors (Lipinski definition) is 1. The van der Waals surface area contributed by atoms with Gasteiger partial charge in [-0.3, -0.25) is 0 Å². The van der Waals surface area contributed by atoms with Crippen molar-refractivity contribution in [3.63, 3.8) is 0 Å². The lowest BCUT2D eigenvalue weighted by atomic mass is 9.95. The molecule has 6 heteroatoms. The summed E-state index contributed by atoms with van der Waals surface area (Å²) in [6.45, 7) is 1.99. The van der Waals surface area contributed by atoms with E-state index in [4.69, 9.17) is 5.73 Å². The number of hydrogen-bond acceptors (Lipinski definition) is 2. The zero-order valence-electron chi connectivity index (χ0n) is 10.6.